The van der Waals surface area contributed by atoms with Gasteiger partial charge in [0.25, 0.3) is 0 Å². The van der Waals surface area contributed by atoms with E-state index in [1.807, 2.05) is 0 Å². The standard InChI is InChI=1S/C8H9F3N2O/c9-3-1-4(10)8(13)6(7(3)11)5(12)2-14/h1,5,14H,2,12-13H2. The number of aliphatic hydroxyl groups excluding tert-OH is 1. The Morgan fingerprint density at radius 1 is 1.29 bits per heavy atom. The third-order valence-electron chi connectivity index (χ3n) is 1.81. The van der Waals surface area contributed by atoms with Gasteiger partial charge in [0.05, 0.1) is 18.3 Å². The number of hydrogen-bond acceptors (Lipinski definition) is 3. The first-order valence-corrected chi connectivity index (χ1v) is 3.78. The molecule has 0 radical (unpaired) electrons. The minimum absolute atomic E-state index is 0.332. The Morgan fingerprint density at radius 3 is 2.36 bits per heavy atom. The molecule has 1 rings (SSSR count). The molecule has 1 aromatic rings. The van der Waals surface area contributed by atoms with E-state index in [4.69, 9.17) is 16.6 Å². The highest BCUT2D eigenvalue weighted by atomic mass is 19.2. The molecule has 3 nitrogen and oxygen atoms in total. The van der Waals surface area contributed by atoms with Gasteiger partial charge in [-0.25, -0.2) is 13.2 Å². The van der Waals surface area contributed by atoms with Gasteiger partial charge >= 0.3 is 0 Å². The van der Waals surface area contributed by atoms with Crippen LogP contribution in [0.1, 0.15) is 11.6 Å². The van der Waals surface area contributed by atoms with E-state index in [0.717, 1.165) is 0 Å². The van der Waals surface area contributed by atoms with E-state index in [-0.39, 0.29) is 0 Å². The molecule has 0 spiro atoms. The molecule has 0 aliphatic heterocycles. The van der Waals surface area contributed by atoms with Crippen LogP contribution in [0.5, 0.6) is 0 Å². The van der Waals surface area contributed by atoms with E-state index in [2.05, 4.69) is 0 Å². The van der Waals surface area contributed by atoms with Gasteiger partial charge in [-0.05, 0) is 0 Å². The van der Waals surface area contributed by atoms with Crippen molar-refractivity contribution in [2.24, 2.45) is 5.73 Å². The molecule has 1 unspecified atom stereocenters. The van der Waals surface area contributed by atoms with Crippen LogP contribution < -0.4 is 11.5 Å². The quantitative estimate of drug-likeness (QED) is 0.492. The van der Waals surface area contributed by atoms with Crippen LogP contribution in [0.15, 0.2) is 6.07 Å². The first kappa shape index (κ1) is 10.8. The lowest BCUT2D eigenvalue weighted by Crippen LogP contribution is -2.19. The summed E-state index contributed by atoms with van der Waals surface area (Å²) < 4.78 is 38.6. The largest absolute Gasteiger partial charge is 0.396 e. The molecule has 0 amide bonds. The Labute approximate surface area is 78.1 Å². The fraction of sp³-hybridized carbons (Fsp3) is 0.250. The molecule has 0 heterocycles. The second-order valence-corrected chi connectivity index (χ2v) is 2.77. The number of halogens is 3. The minimum Gasteiger partial charge on any atom is -0.396 e. The van der Waals surface area contributed by atoms with E-state index < -0.39 is 41.4 Å². The van der Waals surface area contributed by atoms with Gasteiger partial charge in [-0.15, -0.1) is 0 Å². The first-order chi connectivity index (χ1) is 6.49. The number of aliphatic hydroxyl groups is 1. The van der Waals surface area contributed by atoms with Crippen LogP contribution in [-0.4, -0.2) is 11.7 Å². The minimum atomic E-state index is -1.38. The third kappa shape index (κ3) is 1.66. The molecular weight excluding hydrogens is 197 g/mol. The fourth-order valence-electron chi connectivity index (χ4n) is 1.08. The number of hydrogen-bond donors (Lipinski definition) is 3. The van der Waals surface area contributed by atoms with Crippen molar-refractivity contribution in [3.63, 3.8) is 0 Å². The Balaban J connectivity index is 3.39. The summed E-state index contributed by atoms with van der Waals surface area (Å²) in [5.41, 5.74) is 9.27. The van der Waals surface area contributed by atoms with Crippen LogP contribution in [0.4, 0.5) is 18.9 Å². The zero-order valence-electron chi connectivity index (χ0n) is 7.10. The summed E-state index contributed by atoms with van der Waals surface area (Å²) in [5.74, 6) is -3.80. The van der Waals surface area contributed by atoms with Gasteiger partial charge < -0.3 is 16.6 Å². The van der Waals surface area contributed by atoms with Crippen LogP contribution in [-0.2, 0) is 0 Å². The van der Waals surface area contributed by atoms with Crippen LogP contribution >= 0.6 is 0 Å². The molecule has 0 aliphatic carbocycles. The number of anilines is 1. The van der Waals surface area contributed by atoms with Gasteiger partial charge in [-0.1, -0.05) is 0 Å². The maximum Gasteiger partial charge on any atom is 0.165 e. The molecule has 0 saturated carbocycles. The number of benzene rings is 1. The van der Waals surface area contributed by atoms with Gasteiger partial charge in [-0.3, -0.25) is 0 Å². The normalized spacial score (nSPS) is 12.9. The number of rotatable bonds is 2. The molecule has 14 heavy (non-hydrogen) atoms. The van der Waals surface area contributed by atoms with Gasteiger partial charge in [0.15, 0.2) is 11.6 Å². The lowest BCUT2D eigenvalue weighted by Gasteiger charge is -2.13. The van der Waals surface area contributed by atoms with Crippen LogP contribution in [0.3, 0.4) is 0 Å². The van der Waals surface area contributed by atoms with E-state index in [1.54, 1.807) is 0 Å². The van der Waals surface area contributed by atoms with Crippen LogP contribution in [0.25, 0.3) is 0 Å². The molecular formula is C8H9F3N2O. The average molecular weight is 206 g/mol. The number of nitrogens with two attached hydrogens (primary N) is 2. The average Bonchev–Trinajstić information content (AvgIpc) is 2.15. The lowest BCUT2D eigenvalue weighted by atomic mass is 10.0. The van der Waals surface area contributed by atoms with Crippen molar-refractivity contribution in [2.45, 2.75) is 6.04 Å². The van der Waals surface area contributed by atoms with Crippen molar-refractivity contribution in [3.05, 3.63) is 29.1 Å². The van der Waals surface area contributed by atoms with Crippen molar-refractivity contribution >= 4 is 5.69 Å². The predicted molar refractivity (Wildman–Crippen MR) is 44.7 cm³/mol. The fourth-order valence-corrected chi connectivity index (χ4v) is 1.08. The molecule has 0 bridgehead atoms. The third-order valence-corrected chi connectivity index (χ3v) is 1.81. The summed E-state index contributed by atoms with van der Waals surface area (Å²) in [4.78, 5) is 0. The summed E-state index contributed by atoms with van der Waals surface area (Å²) >= 11 is 0. The highest BCUT2D eigenvalue weighted by Gasteiger charge is 2.21. The van der Waals surface area contributed by atoms with Gasteiger partial charge in [0.1, 0.15) is 5.82 Å². The second-order valence-electron chi connectivity index (χ2n) is 2.77. The van der Waals surface area contributed by atoms with Gasteiger partial charge in [0, 0.05) is 11.6 Å². The molecule has 0 aliphatic rings. The zero-order valence-corrected chi connectivity index (χ0v) is 7.10. The molecule has 6 heteroatoms. The number of nitrogen functional groups attached to an aromatic ring is 1. The van der Waals surface area contributed by atoms with Gasteiger partial charge in [0.2, 0.25) is 0 Å². The van der Waals surface area contributed by atoms with Crippen LogP contribution in [0.2, 0.25) is 0 Å². The molecule has 1 atom stereocenters. The lowest BCUT2D eigenvalue weighted by molar-refractivity contribution is 0.264. The monoisotopic (exact) mass is 206 g/mol. The Kier molecular flexibility index (Phi) is 2.97. The first-order valence-electron chi connectivity index (χ1n) is 3.78. The van der Waals surface area contributed by atoms with Crippen molar-refractivity contribution < 1.29 is 18.3 Å². The van der Waals surface area contributed by atoms with Gasteiger partial charge in [-0.2, -0.15) is 0 Å². The van der Waals surface area contributed by atoms with E-state index in [0.29, 0.717) is 6.07 Å². The topological polar surface area (TPSA) is 72.3 Å². The van der Waals surface area contributed by atoms with Crippen molar-refractivity contribution in [2.75, 3.05) is 12.3 Å². The molecule has 5 N–H and O–H groups in total. The summed E-state index contributed by atoms with van der Waals surface area (Å²) in [6.45, 7) is -0.649. The molecule has 78 valence electrons. The van der Waals surface area contributed by atoms with Crippen molar-refractivity contribution in [3.8, 4) is 0 Å². The van der Waals surface area contributed by atoms with Crippen molar-refractivity contribution in [1.82, 2.24) is 0 Å². The molecule has 1 aromatic carbocycles. The summed E-state index contributed by atoms with van der Waals surface area (Å²) in [5, 5.41) is 8.63. The Morgan fingerprint density at radius 2 is 1.86 bits per heavy atom. The second kappa shape index (κ2) is 3.85. The van der Waals surface area contributed by atoms with E-state index in [1.165, 1.54) is 0 Å². The summed E-state index contributed by atoms with van der Waals surface area (Å²) in [7, 11) is 0. The highest BCUT2D eigenvalue weighted by Crippen LogP contribution is 2.26. The van der Waals surface area contributed by atoms with E-state index >= 15 is 0 Å². The molecule has 0 aromatic heterocycles. The highest BCUT2D eigenvalue weighted by molar-refractivity contribution is 5.50. The summed E-state index contributed by atoms with van der Waals surface area (Å²) in [6, 6.07) is -0.904. The maximum atomic E-state index is 13.1. The smallest absolute Gasteiger partial charge is 0.165 e. The van der Waals surface area contributed by atoms with Crippen LogP contribution in [0, 0.1) is 17.5 Å². The molecule has 0 saturated heterocycles. The predicted octanol–water partition coefficient (Wildman–Crippen LogP) is 0.678. The molecule has 0 fully saturated rings. The van der Waals surface area contributed by atoms with E-state index in [9.17, 15) is 13.2 Å². The SMILES string of the molecule is Nc1c(F)cc(F)c(F)c1C(N)CO. The Bertz CT molecular complexity index is 331. The van der Waals surface area contributed by atoms with Crippen molar-refractivity contribution in [1.29, 1.82) is 0 Å². The zero-order chi connectivity index (χ0) is 10.9. The Hall–Kier alpha value is -1.27. The summed E-state index contributed by atoms with van der Waals surface area (Å²) in [6.07, 6.45) is 0. The maximum absolute atomic E-state index is 13.1.